The van der Waals surface area contributed by atoms with Crippen LogP contribution < -0.4 is 20.5 Å². The molecule has 0 amide bonds. The van der Waals surface area contributed by atoms with Gasteiger partial charge in [0.15, 0.2) is 5.96 Å². The fourth-order valence-electron chi connectivity index (χ4n) is 1.94. The maximum Gasteiger partial charge on any atom is 0.387 e. The Balaban J connectivity index is 0.00000312. The van der Waals surface area contributed by atoms with Crippen LogP contribution in [0, 0.1) is 0 Å². The van der Waals surface area contributed by atoms with Gasteiger partial charge in [-0.2, -0.15) is 8.78 Å². The van der Waals surface area contributed by atoms with E-state index in [1.165, 1.54) is 18.2 Å². The zero-order valence-corrected chi connectivity index (χ0v) is 16.3. The van der Waals surface area contributed by atoms with Crippen LogP contribution in [0.25, 0.3) is 0 Å². The Hall–Kier alpha value is -1.81. The van der Waals surface area contributed by atoms with E-state index in [4.69, 9.17) is 22.1 Å². The van der Waals surface area contributed by atoms with Crippen molar-refractivity contribution in [3.05, 3.63) is 53.1 Å². The van der Waals surface area contributed by atoms with E-state index in [0.717, 1.165) is 0 Å². The fraction of sp³-hybridized carbons (Fsp3) is 0.188. The number of nitrogens with two attached hydrogens (primary N) is 1. The molecule has 0 aliphatic rings. The van der Waals surface area contributed by atoms with Gasteiger partial charge in [-0.15, -0.1) is 24.0 Å². The van der Waals surface area contributed by atoms with Gasteiger partial charge in [0.1, 0.15) is 11.5 Å². The number of nitrogens with one attached hydrogen (secondary N) is 1. The maximum atomic E-state index is 12.4. The molecule has 0 saturated heterocycles. The molecule has 3 N–H and O–H groups in total. The number of rotatable bonds is 6. The van der Waals surface area contributed by atoms with Crippen LogP contribution in [0.3, 0.4) is 0 Å². The van der Waals surface area contributed by atoms with Gasteiger partial charge in [-0.3, -0.25) is 0 Å². The first kappa shape index (κ1) is 21.2. The number of methoxy groups -OCH3 is 1. The summed E-state index contributed by atoms with van der Waals surface area (Å²) in [6, 6.07) is 11.4. The van der Waals surface area contributed by atoms with E-state index in [-0.39, 0.29) is 42.2 Å². The molecule has 0 unspecified atom stereocenters. The number of benzene rings is 2. The lowest BCUT2D eigenvalue weighted by atomic mass is 10.2. The van der Waals surface area contributed by atoms with E-state index in [1.807, 2.05) is 0 Å². The molecule has 0 spiro atoms. The molecule has 0 aliphatic carbocycles. The van der Waals surface area contributed by atoms with Crippen LogP contribution in [0.5, 0.6) is 11.5 Å². The second kappa shape index (κ2) is 10.2. The van der Waals surface area contributed by atoms with Crippen molar-refractivity contribution >= 4 is 47.2 Å². The van der Waals surface area contributed by atoms with Crippen LogP contribution in [0.4, 0.5) is 14.5 Å². The van der Waals surface area contributed by atoms with E-state index in [0.29, 0.717) is 22.0 Å². The number of aliphatic imine (C=N–C) groups is 1. The average molecular weight is 484 g/mol. The summed E-state index contributed by atoms with van der Waals surface area (Å²) in [5, 5.41) is 3.28. The first-order valence-corrected chi connectivity index (χ1v) is 7.30. The Morgan fingerprint density at radius 1 is 1.28 bits per heavy atom. The molecule has 0 atom stereocenters. The highest BCUT2D eigenvalue weighted by molar-refractivity contribution is 14.0. The summed E-state index contributed by atoms with van der Waals surface area (Å²) in [6.07, 6.45) is 0. The summed E-state index contributed by atoms with van der Waals surface area (Å²) in [5.74, 6) is 0.786. The quantitative estimate of drug-likeness (QED) is 0.361. The highest BCUT2D eigenvalue weighted by atomic mass is 127. The zero-order chi connectivity index (χ0) is 17.5. The summed E-state index contributed by atoms with van der Waals surface area (Å²) in [4.78, 5) is 4.11. The number of ether oxygens (including phenoxy) is 2. The second-order valence-corrected chi connectivity index (χ2v) is 5.13. The van der Waals surface area contributed by atoms with E-state index in [9.17, 15) is 8.78 Å². The van der Waals surface area contributed by atoms with Crippen molar-refractivity contribution in [2.45, 2.75) is 13.2 Å². The number of hydrogen-bond donors (Lipinski definition) is 2. The van der Waals surface area contributed by atoms with Gasteiger partial charge in [0.25, 0.3) is 0 Å². The van der Waals surface area contributed by atoms with Gasteiger partial charge < -0.3 is 20.5 Å². The van der Waals surface area contributed by atoms with Crippen molar-refractivity contribution in [2.24, 2.45) is 10.7 Å². The molecule has 2 aromatic rings. The van der Waals surface area contributed by atoms with Crippen molar-refractivity contribution < 1.29 is 18.3 Å². The van der Waals surface area contributed by atoms with E-state index >= 15 is 0 Å². The lowest BCUT2D eigenvalue weighted by molar-refractivity contribution is -0.0504. The third-order valence-corrected chi connectivity index (χ3v) is 3.24. The largest absolute Gasteiger partial charge is 0.497 e. The monoisotopic (exact) mass is 483 g/mol. The highest BCUT2D eigenvalue weighted by Crippen LogP contribution is 2.25. The molecule has 25 heavy (non-hydrogen) atoms. The molecule has 9 heteroatoms. The lowest BCUT2D eigenvalue weighted by Gasteiger charge is -2.11. The maximum absolute atomic E-state index is 12.4. The first-order chi connectivity index (χ1) is 11.5. The number of halogens is 4. The minimum atomic E-state index is -2.93. The minimum Gasteiger partial charge on any atom is -0.497 e. The summed E-state index contributed by atoms with van der Waals surface area (Å²) in [6.45, 7) is -2.90. The molecular formula is C16H17ClF2IN3O2. The topological polar surface area (TPSA) is 68.9 Å². The predicted molar refractivity (Wildman–Crippen MR) is 105 cm³/mol. The third kappa shape index (κ3) is 6.91. The number of nitrogens with zero attached hydrogens (tertiary/aromatic N) is 1. The normalized spacial score (nSPS) is 11.0. The Morgan fingerprint density at radius 2 is 2.04 bits per heavy atom. The van der Waals surface area contributed by atoms with Crippen molar-refractivity contribution in [1.29, 1.82) is 0 Å². The standard InChI is InChI=1S/C16H16ClF2N3O2.HI/c1-23-13-4-2-3-12(8-13)22-16(20)21-9-10-7-11(17)5-6-14(10)24-15(18)19;/h2-8,15H,9H2,1H3,(H3,20,21,22);1H. The number of hydrogen-bond acceptors (Lipinski definition) is 3. The Morgan fingerprint density at radius 3 is 2.72 bits per heavy atom. The van der Waals surface area contributed by atoms with Gasteiger partial charge >= 0.3 is 6.61 Å². The van der Waals surface area contributed by atoms with E-state index < -0.39 is 6.61 Å². The second-order valence-electron chi connectivity index (χ2n) is 4.69. The van der Waals surface area contributed by atoms with Crippen molar-refractivity contribution in [1.82, 2.24) is 0 Å². The Labute approximate surface area is 166 Å². The molecule has 0 radical (unpaired) electrons. The van der Waals surface area contributed by atoms with Gasteiger partial charge in [-0.25, -0.2) is 4.99 Å². The first-order valence-electron chi connectivity index (χ1n) is 6.92. The molecule has 2 aromatic carbocycles. The fourth-order valence-corrected chi connectivity index (χ4v) is 2.14. The summed E-state index contributed by atoms with van der Waals surface area (Å²) >= 11 is 5.88. The Bertz CT molecular complexity index is 732. The molecule has 2 rings (SSSR count). The van der Waals surface area contributed by atoms with Gasteiger partial charge in [0, 0.05) is 22.3 Å². The van der Waals surface area contributed by atoms with Crippen LogP contribution in [-0.4, -0.2) is 19.7 Å². The van der Waals surface area contributed by atoms with Crippen molar-refractivity contribution in [2.75, 3.05) is 12.4 Å². The van der Waals surface area contributed by atoms with Crippen LogP contribution in [0.2, 0.25) is 5.02 Å². The van der Waals surface area contributed by atoms with Gasteiger partial charge in [-0.05, 0) is 30.3 Å². The molecule has 136 valence electrons. The average Bonchev–Trinajstić information content (AvgIpc) is 2.55. The SMILES string of the molecule is COc1cccc(NC(N)=NCc2cc(Cl)ccc2OC(F)F)c1.I. The van der Waals surface area contributed by atoms with Crippen LogP contribution in [-0.2, 0) is 6.54 Å². The van der Waals surface area contributed by atoms with Crippen LogP contribution >= 0.6 is 35.6 Å². The molecular weight excluding hydrogens is 467 g/mol. The third-order valence-electron chi connectivity index (χ3n) is 3.00. The number of anilines is 1. The molecule has 0 heterocycles. The zero-order valence-electron chi connectivity index (χ0n) is 13.2. The minimum absolute atomic E-state index is 0. The molecule has 0 aromatic heterocycles. The molecule has 0 bridgehead atoms. The van der Waals surface area contributed by atoms with Crippen molar-refractivity contribution in [3.63, 3.8) is 0 Å². The van der Waals surface area contributed by atoms with Gasteiger partial charge in [0.05, 0.1) is 13.7 Å². The lowest BCUT2D eigenvalue weighted by Crippen LogP contribution is -2.22. The van der Waals surface area contributed by atoms with Gasteiger partial charge in [0.2, 0.25) is 0 Å². The number of alkyl halides is 2. The van der Waals surface area contributed by atoms with Crippen LogP contribution in [0.15, 0.2) is 47.5 Å². The number of guanidine groups is 1. The van der Waals surface area contributed by atoms with Crippen molar-refractivity contribution in [3.8, 4) is 11.5 Å². The summed E-state index contributed by atoms with van der Waals surface area (Å²) in [5.41, 5.74) is 6.90. The highest BCUT2D eigenvalue weighted by Gasteiger charge is 2.10. The smallest absolute Gasteiger partial charge is 0.387 e. The summed E-state index contributed by atoms with van der Waals surface area (Å²) in [7, 11) is 1.56. The van der Waals surface area contributed by atoms with E-state index in [1.54, 1.807) is 31.4 Å². The Kier molecular flexibility index (Phi) is 8.70. The summed E-state index contributed by atoms with van der Waals surface area (Å²) < 4.78 is 34.4. The van der Waals surface area contributed by atoms with E-state index in [2.05, 4.69) is 15.0 Å². The molecule has 0 aliphatic heterocycles. The van der Waals surface area contributed by atoms with Crippen LogP contribution in [0.1, 0.15) is 5.56 Å². The van der Waals surface area contributed by atoms with Gasteiger partial charge in [-0.1, -0.05) is 17.7 Å². The molecule has 0 fully saturated rings. The molecule has 5 nitrogen and oxygen atoms in total. The molecule has 0 saturated carbocycles. The predicted octanol–water partition coefficient (Wildman–Crippen LogP) is 4.49.